The Bertz CT molecular complexity index is 774. The monoisotopic (exact) mass is 343 g/mol. The largest absolute Gasteiger partial charge is 0.316 e. The Morgan fingerprint density at radius 2 is 1.95 bits per heavy atom. The maximum atomic E-state index is 4.73. The quantitative estimate of drug-likeness (QED) is 0.777. The number of halogens is 1. The molecule has 1 aliphatic rings. The van der Waals surface area contributed by atoms with Crippen molar-refractivity contribution >= 4 is 21.6 Å². The minimum atomic E-state index is 0.396. The van der Waals surface area contributed by atoms with Crippen molar-refractivity contribution in [2.24, 2.45) is 0 Å². The van der Waals surface area contributed by atoms with E-state index in [4.69, 9.17) is 5.10 Å². The summed E-state index contributed by atoms with van der Waals surface area (Å²) in [6.07, 6.45) is 1.09. The van der Waals surface area contributed by atoms with Gasteiger partial charge < -0.3 is 5.32 Å². The third-order valence-electron chi connectivity index (χ3n) is 3.85. The first-order valence-corrected chi connectivity index (χ1v) is 7.79. The average molecular weight is 344 g/mol. The lowest BCUT2D eigenvalue weighted by Gasteiger charge is -2.07. The first-order valence-electron chi connectivity index (χ1n) is 7.00. The maximum absolute atomic E-state index is 4.73. The molecule has 6 heteroatoms. The molecule has 1 N–H and O–H groups in total. The first-order chi connectivity index (χ1) is 10.3. The lowest BCUT2D eigenvalue weighted by Crippen LogP contribution is -2.11. The van der Waals surface area contributed by atoms with E-state index in [1.54, 1.807) is 0 Å². The number of aromatic nitrogens is 4. The zero-order valence-electron chi connectivity index (χ0n) is 11.3. The van der Waals surface area contributed by atoms with E-state index in [-0.39, 0.29) is 0 Å². The van der Waals surface area contributed by atoms with E-state index in [1.807, 2.05) is 28.8 Å². The minimum absolute atomic E-state index is 0.396. The van der Waals surface area contributed by atoms with Gasteiger partial charge in [-0.3, -0.25) is 0 Å². The Morgan fingerprint density at radius 1 is 1.10 bits per heavy atom. The summed E-state index contributed by atoms with van der Waals surface area (Å²) >= 11 is 3.46. The van der Waals surface area contributed by atoms with Crippen molar-refractivity contribution in [1.82, 2.24) is 25.1 Å². The molecular formula is C15H14BrN5. The van der Waals surface area contributed by atoms with Crippen LogP contribution in [0.25, 0.3) is 16.9 Å². The molecule has 5 nitrogen and oxygen atoms in total. The van der Waals surface area contributed by atoms with E-state index in [2.05, 4.69) is 43.6 Å². The summed E-state index contributed by atoms with van der Waals surface area (Å²) in [5.74, 6) is 1.35. The summed E-state index contributed by atoms with van der Waals surface area (Å²) in [4.78, 5) is 0. The zero-order valence-corrected chi connectivity index (χ0v) is 12.9. The molecule has 0 radical (unpaired) electrons. The van der Waals surface area contributed by atoms with Crippen molar-refractivity contribution in [3.63, 3.8) is 0 Å². The molecule has 4 rings (SSSR count). The van der Waals surface area contributed by atoms with Crippen LogP contribution in [-0.4, -0.2) is 32.9 Å². The average Bonchev–Trinajstić information content (AvgIpc) is 3.16. The molecule has 0 saturated carbocycles. The van der Waals surface area contributed by atoms with Crippen LogP contribution >= 0.6 is 15.9 Å². The number of benzene rings is 1. The minimum Gasteiger partial charge on any atom is -0.316 e. The SMILES string of the molecule is Brc1ccc(-c2ccc3nnc([C@@H]4CCNC4)n3n2)cc1. The van der Waals surface area contributed by atoms with Gasteiger partial charge >= 0.3 is 0 Å². The van der Waals surface area contributed by atoms with Crippen LogP contribution in [0.3, 0.4) is 0 Å². The Balaban J connectivity index is 1.80. The second-order valence-corrected chi connectivity index (χ2v) is 6.16. The zero-order chi connectivity index (χ0) is 14.2. The molecule has 106 valence electrons. The lowest BCUT2D eigenvalue weighted by molar-refractivity contribution is 0.668. The van der Waals surface area contributed by atoms with Gasteiger partial charge in [-0.15, -0.1) is 10.2 Å². The number of nitrogens with one attached hydrogen (secondary N) is 1. The molecular weight excluding hydrogens is 330 g/mol. The molecule has 1 atom stereocenters. The van der Waals surface area contributed by atoms with Crippen molar-refractivity contribution in [1.29, 1.82) is 0 Å². The highest BCUT2D eigenvalue weighted by Gasteiger charge is 2.22. The molecule has 0 spiro atoms. The van der Waals surface area contributed by atoms with Crippen molar-refractivity contribution in [2.75, 3.05) is 13.1 Å². The van der Waals surface area contributed by atoms with Gasteiger partial charge in [0.1, 0.15) is 0 Å². The topological polar surface area (TPSA) is 55.1 Å². The van der Waals surface area contributed by atoms with Gasteiger partial charge in [0.15, 0.2) is 11.5 Å². The summed E-state index contributed by atoms with van der Waals surface area (Å²) in [6, 6.07) is 12.1. The van der Waals surface area contributed by atoms with E-state index >= 15 is 0 Å². The van der Waals surface area contributed by atoms with E-state index < -0.39 is 0 Å². The number of hydrogen-bond donors (Lipinski definition) is 1. The highest BCUT2D eigenvalue weighted by molar-refractivity contribution is 9.10. The van der Waals surface area contributed by atoms with Crippen molar-refractivity contribution in [3.05, 3.63) is 46.7 Å². The Labute approximate surface area is 130 Å². The standard InChI is InChI=1S/C15H14BrN5/c16-12-3-1-10(2-4-12)13-5-6-14-18-19-15(21(14)20-13)11-7-8-17-9-11/h1-6,11,17H,7-9H2/t11-/m1/s1. The van der Waals surface area contributed by atoms with Gasteiger partial charge in [-0.05, 0) is 37.2 Å². The molecule has 1 fully saturated rings. The maximum Gasteiger partial charge on any atom is 0.177 e. The normalized spacial score (nSPS) is 18.4. The molecule has 0 bridgehead atoms. The van der Waals surface area contributed by atoms with Gasteiger partial charge in [-0.25, -0.2) is 0 Å². The smallest absolute Gasteiger partial charge is 0.177 e. The number of hydrogen-bond acceptors (Lipinski definition) is 4. The van der Waals surface area contributed by atoms with Crippen LogP contribution in [0.5, 0.6) is 0 Å². The number of nitrogens with zero attached hydrogens (tertiary/aromatic N) is 4. The summed E-state index contributed by atoms with van der Waals surface area (Å²) in [7, 11) is 0. The summed E-state index contributed by atoms with van der Waals surface area (Å²) < 4.78 is 2.95. The third-order valence-corrected chi connectivity index (χ3v) is 4.38. The first kappa shape index (κ1) is 12.9. The molecule has 2 aromatic heterocycles. The summed E-state index contributed by atoms with van der Waals surface area (Å²) in [6.45, 7) is 1.98. The van der Waals surface area contributed by atoms with E-state index in [0.717, 1.165) is 46.7 Å². The Morgan fingerprint density at radius 3 is 2.71 bits per heavy atom. The lowest BCUT2D eigenvalue weighted by atomic mass is 10.1. The van der Waals surface area contributed by atoms with Gasteiger partial charge in [0.05, 0.1) is 5.69 Å². The highest BCUT2D eigenvalue weighted by atomic mass is 79.9. The second-order valence-electron chi connectivity index (χ2n) is 5.24. The molecule has 1 saturated heterocycles. The van der Waals surface area contributed by atoms with Gasteiger partial charge in [0.25, 0.3) is 0 Å². The molecule has 0 aliphatic carbocycles. The summed E-state index contributed by atoms with van der Waals surface area (Å²) in [5, 5.41) is 16.6. The highest BCUT2D eigenvalue weighted by Crippen LogP contribution is 2.23. The molecule has 3 aromatic rings. The van der Waals surface area contributed by atoms with Crippen LogP contribution in [0, 0.1) is 0 Å². The Hall–Kier alpha value is -1.79. The van der Waals surface area contributed by atoms with E-state index in [1.165, 1.54) is 0 Å². The van der Waals surface area contributed by atoms with Crippen LogP contribution in [0.2, 0.25) is 0 Å². The second kappa shape index (κ2) is 5.20. The molecule has 3 heterocycles. The molecule has 21 heavy (non-hydrogen) atoms. The van der Waals surface area contributed by atoms with Crippen LogP contribution < -0.4 is 5.32 Å². The fourth-order valence-corrected chi connectivity index (χ4v) is 2.97. The van der Waals surface area contributed by atoms with Gasteiger partial charge in [-0.1, -0.05) is 28.1 Å². The number of fused-ring (bicyclic) bond motifs is 1. The van der Waals surface area contributed by atoms with Crippen molar-refractivity contribution in [2.45, 2.75) is 12.3 Å². The van der Waals surface area contributed by atoms with Gasteiger partial charge in [0.2, 0.25) is 0 Å². The van der Waals surface area contributed by atoms with E-state index in [9.17, 15) is 0 Å². The van der Waals surface area contributed by atoms with E-state index in [0.29, 0.717) is 5.92 Å². The fraction of sp³-hybridized carbons (Fsp3) is 0.267. The molecule has 1 aliphatic heterocycles. The van der Waals surface area contributed by atoms with Crippen molar-refractivity contribution < 1.29 is 0 Å². The van der Waals surface area contributed by atoms with Gasteiger partial charge in [-0.2, -0.15) is 9.61 Å². The molecule has 0 unspecified atom stereocenters. The fourth-order valence-electron chi connectivity index (χ4n) is 2.71. The van der Waals surface area contributed by atoms with Crippen LogP contribution in [0.15, 0.2) is 40.9 Å². The third kappa shape index (κ3) is 2.34. The van der Waals surface area contributed by atoms with Crippen molar-refractivity contribution in [3.8, 4) is 11.3 Å². The molecule has 0 amide bonds. The van der Waals surface area contributed by atoms with Crippen LogP contribution in [-0.2, 0) is 0 Å². The predicted molar refractivity (Wildman–Crippen MR) is 84.1 cm³/mol. The van der Waals surface area contributed by atoms with Gasteiger partial charge in [0, 0.05) is 22.5 Å². The molecule has 1 aromatic carbocycles. The summed E-state index contributed by atoms with van der Waals surface area (Å²) in [5.41, 5.74) is 2.82. The number of rotatable bonds is 2. The Kier molecular flexibility index (Phi) is 3.20. The predicted octanol–water partition coefficient (Wildman–Crippen LogP) is 2.63. The van der Waals surface area contributed by atoms with Crippen LogP contribution in [0.4, 0.5) is 0 Å². The van der Waals surface area contributed by atoms with Crippen LogP contribution in [0.1, 0.15) is 18.2 Å².